The Morgan fingerprint density at radius 2 is 2.04 bits per heavy atom. The van der Waals surface area contributed by atoms with Crippen molar-refractivity contribution in [1.29, 1.82) is 0 Å². The highest BCUT2D eigenvalue weighted by molar-refractivity contribution is 5.70. The first-order valence-electron chi connectivity index (χ1n) is 10.5. The fraction of sp³-hybridized carbons (Fsp3) is 0.952. The van der Waals surface area contributed by atoms with E-state index in [0.29, 0.717) is 24.4 Å². The summed E-state index contributed by atoms with van der Waals surface area (Å²) in [5.74, 6) is 1.44. The number of carbonyl (C=O) groups is 1. The second kappa shape index (κ2) is 7.96. The lowest BCUT2D eigenvalue weighted by Crippen LogP contribution is -2.40. The monoisotopic (exact) mass is 352 g/mol. The maximum absolute atomic E-state index is 12.5. The molecule has 1 N–H and O–H groups in total. The molecule has 3 rings (SSSR count). The molecule has 1 aliphatic heterocycles. The highest BCUT2D eigenvalue weighted by Crippen LogP contribution is 2.54. The van der Waals surface area contributed by atoms with E-state index >= 15 is 0 Å². The average molecular weight is 353 g/mol. The van der Waals surface area contributed by atoms with Crippen LogP contribution in [-0.4, -0.2) is 35.0 Å². The van der Waals surface area contributed by atoms with Crippen LogP contribution in [0.1, 0.15) is 85.0 Å². The van der Waals surface area contributed by atoms with Crippen LogP contribution in [0.15, 0.2) is 0 Å². The van der Waals surface area contributed by atoms with Gasteiger partial charge in [-0.15, -0.1) is 0 Å². The third kappa shape index (κ3) is 4.05. The quantitative estimate of drug-likeness (QED) is 0.664. The van der Waals surface area contributed by atoms with Crippen molar-refractivity contribution in [2.24, 2.45) is 17.8 Å². The van der Waals surface area contributed by atoms with Gasteiger partial charge in [-0.2, -0.15) is 0 Å². The zero-order chi connectivity index (χ0) is 18.0. The first kappa shape index (κ1) is 19.2. The normalized spacial score (nSPS) is 41.2. The number of hydrogen-bond acceptors (Lipinski definition) is 4. The van der Waals surface area contributed by atoms with Gasteiger partial charge in [-0.1, -0.05) is 20.8 Å². The van der Waals surface area contributed by atoms with E-state index in [2.05, 4.69) is 20.8 Å². The Labute approximate surface area is 152 Å². The predicted octanol–water partition coefficient (Wildman–Crippen LogP) is 4.23. The molecule has 0 spiro atoms. The van der Waals surface area contributed by atoms with Crippen LogP contribution in [-0.2, 0) is 14.3 Å². The Balaban J connectivity index is 1.49. The lowest BCUT2D eigenvalue weighted by molar-refractivity contribution is -0.169. The highest BCUT2D eigenvalue weighted by Gasteiger charge is 2.52. The van der Waals surface area contributed by atoms with Crippen molar-refractivity contribution in [3.05, 3.63) is 0 Å². The summed E-state index contributed by atoms with van der Waals surface area (Å²) >= 11 is 0. The molecule has 2 bridgehead atoms. The molecule has 4 heteroatoms. The van der Waals surface area contributed by atoms with Crippen molar-refractivity contribution in [2.75, 3.05) is 0 Å². The van der Waals surface area contributed by atoms with Gasteiger partial charge in [0.2, 0.25) is 0 Å². The highest BCUT2D eigenvalue weighted by atomic mass is 16.6. The third-order valence-electron chi connectivity index (χ3n) is 7.13. The van der Waals surface area contributed by atoms with Gasteiger partial charge in [-0.05, 0) is 75.5 Å². The van der Waals surface area contributed by atoms with Gasteiger partial charge < -0.3 is 14.6 Å². The van der Waals surface area contributed by atoms with Gasteiger partial charge >= 0.3 is 5.97 Å². The van der Waals surface area contributed by atoms with Gasteiger partial charge in [-0.3, -0.25) is 4.79 Å². The van der Waals surface area contributed by atoms with E-state index in [1.54, 1.807) is 0 Å². The van der Waals surface area contributed by atoms with Gasteiger partial charge in [0, 0.05) is 0 Å². The number of aliphatic hydroxyl groups excluding tert-OH is 1. The smallest absolute Gasteiger partial charge is 0.308 e. The van der Waals surface area contributed by atoms with Crippen LogP contribution < -0.4 is 0 Å². The van der Waals surface area contributed by atoms with E-state index in [1.165, 1.54) is 19.3 Å². The minimum absolute atomic E-state index is 0.128. The number of rotatable bonds is 8. The molecule has 3 aliphatic rings. The molecule has 3 fully saturated rings. The molecule has 7 unspecified atom stereocenters. The molecule has 0 amide bonds. The van der Waals surface area contributed by atoms with Crippen molar-refractivity contribution in [1.82, 2.24) is 0 Å². The summed E-state index contributed by atoms with van der Waals surface area (Å²) in [5.41, 5.74) is -0.241. The van der Waals surface area contributed by atoms with Crippen molar-refractivity contribution in [3.63, 3.8) is 0 Å². The molecule has 0 aromatic heterocycles. The number of ether oxygens (including phenoxy) is 2. The van der Waals surface area contributed by atoms with E-state index in [0.717, 1.165) is 38.0 Å². The molecule has 144 valence electrons. The maximum atomic E-state index is 12.5. The summed E-state index contributed by atoms with van der Waals surface area (Å²) in [7, 11) is 0. The van der Waals surface area contributed by atoms with Crippen LogP contribution in [0.3, 0.4) is 0 Å². The first-order chi connectivity index (χ1) is 12.0. The summed E-state index contributed by atoms with van der Waals surface area (Å²) in [6.07, 6.45) is 9.35. The Hall–Kier alpha value is -0.610. The Bertz CT molecular complexity index is 465. The third-order valence-corrected chi connectivity index (χ3v) is 7.13. The van der Waals surface area contributed by atoms with Crippen molar-refractivity contribution in [2.45, 2.75) is 109 Å². The fourth-order valence-corrected chi connectivity index (χ4v) is 5.76. The SMILES string of the molecule is CCC1CC(CC(O)CC(=O)OC2(CC)CC3CCC2C3)C(CC)O1. The summed E-state index contributed by atoms with van der Waals surface area (Å²) in [5, 5.41) is 10.5. The molecule has 0 aromatic carbocycles. The van der Waals surface area contributed by atoms with E-state index in [1.807, 2.05) is 0 Å². The molecule has 25 heavy (non-hydrogen) atoms. The number of carbonyl (C=O) groups excluding carboxylic acids is 1. The summed E-state index contributed by atoms with van der Waals surface area (Å²) in [6, 6.07) is 0. The minimum Gasteiger partial charge on any atom is -0.459 e. The molecule has 0 radical (unpaired) electrons. The van der Waals surface area contributed by atoms with Crippen LogP contribution in [0.2, 0.25) is 0 Å². The van der Waals surface area contributed by atoms with Gasteiger partial charge in [-0.25, -0.2) is 0 Å². The van der Waals surface area contributed by atoms with Crippen LogP contribution in [0.4, 0.5) is 0 Å². The topological polar surface area (TPSA) is 55.8 Å². The lowest BCUT2D eigenvalue weighted by Gasteiger charge is -2.36. The number of esters is 1. The molecule has 7 atom stereocenters. The Morgan fingerprint density at radius 1 is 1.24 bits per heavy atom. The van der Waals surface area contributed by atoms with Crippen molar-refractivity contribution in [3.8, 4) is 0 Å². The van der Waals surface area contributed by atoms with Crippen molar-refractivity contribution < 1.29 is 19.4 Å². The molecular formula is C21H36O4. The minimum atomic E-state index is -0.613. The van der Waals surface area contributed by atoms with Crippen LogP contribution >= 0.6 is 0 Å². The second-order valence-corrected chi connectivity index (χ2v) is 8.67. The van der Waals surface area contributed by atoms with E-state index in [4.69, 9.17) is 9.47 Å². The number of aliphatic hydroxyl groups is 1. The van der Waals surface area contributed by atoms with Crippen LogP contribution in [0.5, 0.6) is 0 Å². The van der Waals surface area contributed by atoms with E-state index in [-0.39, 0.29) is 24.1 Å². The standard InChI is InChI=1S/C21H36O4/c1-4-18-11-15(19(5-2)24-18)10-17(22)12-20(23)25-21(6-3)13-14-7-8-16(21)9-14/h14-19,22H,4-13H2,1-3H3. The van der Waals surface area contributed by atoms with Gasteiger partial charge in [0.25, 0.3) is 0 Å². The van der Waals surface area contributed by atoms with Gasteiger partial charge in [0.15, 0.2) is 0 Å². The molecule has 2 saturated carbocycles. The van der Waals surface area contributed by atoms with Crippen molar-refractivity contribution >= 4 is 5.97 Å². The van der Waals surface area contributed by atoms with E-state index in [9.17, 15) is 9.90 Å². The molecular weight excluding hydrogens is 316 g/mol. The Morgan fingerprint density at radius 3 is 2.60 bits per heavy atom. The zero-order valence-electron chi connectivity index (χ0n) is 16.2. The number of hydrogen-bond donors (Lipinski definition) is 1. The summed E-state index contributed by atoms with van der Waals surface area (Å²) < 4.78 is 12.0. The fourth-order valence-electron chi connectivity index (χ4n) is 5.76. The molecule has 1 heterocycles. The maximum Gasteiger partial charge on any atom is 0.308 e. The van der Waals surface area contributed by atoms with Gasteiger partial charge in [0.1, 0.15) is 5.60 Å². The van der Waals surface area contributed by atoms with Gasteiger partial charge in [0.05, 0.1) is 24.7 Å². The Kier molecular flexibility index (Phi) is 6.10. The molecule has 1 saturated heterocycles. The molecule has 2 aliphatic carbocycles. The molecule has 4 nitrogen and oxygen atoms in total. The van der Waals surface area contributed by atoms with E-state index < -0.39 is 6.10 Å². The summed E-state index contributed by atoms with van der Waals surface area (Å²) in [4.78, 5) is 12.5. The second-order valence-electron chi connectivity index (χ2n) is 8.67. The summed E-state index contributed by atoms with van der Waals surface area (Å²) in [6.45, 7) is 6.42. The first-order valence-corrected chi connectivity index (χ1v) is 10.5. The predicted molar refractivity (Wildman–Crippen MR) is 97.2 cm³/mol. The average Bonchev–Trinajstić information content (AvgIpc) is 3.28. The number of fused-ring (bicyclic) bond motifs is 2. The van der Waals surface area contributed by atoms with Crippen LogP contribution in [0, 0.1) is 17.8 Å². The van der Waals surface area contributed by atoms with Crippen LogP contribution in [0.25, 0.3) is 0 Å². The largest absolute Gasteiger partial charge is 0.459 e. The lowest BCUT2D eigenvalue weighted by atomic mass is 9.82. The zero-order valence-corrected chi connectivity index (χ0v) is 16.2. The molecule has 0 aromatic rings.